The second kappa shape index (κ2) is 8.89. The van der Waals surface area contributed by atoms with E-state index in [0.29, 0.717) is 41.2 Å². The van der Waals surface area contributed by atoms with Crippen molar-refractivity contribution in [3.63, 3.8) is 0 Å². The fourth-order valence-electron chi connectivity index (χ4n) is 4.39. The Morgan fingerprint density at radius 2 is 1.59 bits per heavy atom. The molecule has 0 radical (unpaired) electrons. The smallest absolute Gasteiger partial charge is 0.265 e. The molecule has 3 heterocycles. The highest BCUT2D eigenvalue weighted by Gasteiger charge is 2.21. The second-order valence-electron chi connectivity index (χ2n) is 9.13. The van der Waals surface area contributed by atoms with Gasteiger partial charge >= 0.3 is 0 Å². The van der Waals surface area contributed by atoms with Gasteiger partial charge < -0.3 is 9.30 Å². The van der Waals surface area contributed by atoms with Gasteiger partial charge in [0.1, 0.15) is 22.5 Å². The monoisotopic (exact) mass is 455 g/mol. The molecular formula is C27H29N5O2. The van der Waals surface area contributed by atoms with Crippen LogP contribution in [0.5, 0.6) is 5.75 Å². The molecule has 3 aromatic heterocycles. The summed E-state index contributed by atoms with van der Waals surface area (Å²) in [5.41, 5.74) is 4.69. The van der Waals surface area contributed by atoms with E-state index in [0.717, 1.165) is 35.4 Å². The molecule has 0 spiro atoms. The average molecular weight is 456 g/mol. The molecule has 0 aliphatic rings. The Hall–Kier alpha value is -3.74. The maximum Gasteiger partial charge on any atom is 0.265 e. The Morgan fingerprint density at radius 1 is 0.882 bits per heavy atom. The van der Waals surface area contributed by atoms with E-state index < -0.39 is 0 Å². The molecule has 0 fully saturated rings. The first-order valence-electron chi connectivity index (χ1n) is 11.8. The van der Waals surface area contributed by atoms with Gasteiger partial charge in [-0.25, -0.2) is 15.0 Å². The lowest BCUT2D eigenvalue weighted by Crippen LogP contribution is -2.25. The highest BCUT2D eigenvalue weighted by molar-refractivity contribution is 6.04. The summed E-state index contributed by atoms with van der Waals surface area (Å²) >= 11 is 0. The van der Waals surface area contributed by atoms with Gasteiger partial charge in [0.05, 0.1) is 18.1 Å². The fourth-order valence-corrected chi connectivity index (χ4v) is 4.39. The molecule has 5 rings (SSSR count). The van der Waals surface area contributed by atoms with Crippen LogP contribution in [0.25, 0.3) is 33.2 Å². The molecule has 0 saturated heterocycles. The van der Waals surface area contributed by atoms with E-state index in [1.165, 1.54) is 5.56 Å². The summed E-state index contributed by atoms with van der Waals surface area (Å²) in [5, 5.41) is 0.553. The summed E-state index contributed by atoms with van der Waals surface area (Å²) in [6.45, 7) is 7.51. The molecule has 34 heavy (non-hydrogen) atoms. The van der Waals surface area contributed by atoms with Gasteiger partial charge in [0, 0.05) is 13.1 Å². The fraction of sp³-hybridized carbons (Fsp3) is 0.333. The minimum atomic E-state index is -0.0408. The molecule has 0 atom stereocenters. The molecule has 5 aromatic rings. The summed E-state index contributed by atoms with van der Waals surface area (Å²) in [6, 6.07) is 15.8. The van der Waals surface area contributed by atoms with E-state index in [2.05, 4.69) is 30.5 Å². The predicted molar refractivity (Wildman–Crippen MR) is 135 cm³/mol. The van der Waals surface area contributed by atoms with Crippen LogP contribution >= 0.6 is 0 Å². The van der Waals surface area contributed by atoms with Gasteiger partial charge in [-0.1, -0.05) is 38.1 Å². The molecule has 0 N–H and O–H groups in total. The number of nitrogens with zero attached hydrogens (tertiary/aromatic N) is 5. The first-order valence-corrected chi connectivity index (χ1v) is 11.8. The van der Waals surface area contributed by atoms with Gasteiger partial charge in [-0.3, -0.25) is 9.36 Å². The molecule has 0 saturated carbocycles. The molecule has 7 heteroatoms. The van der Waals surface area contributed by atoms with Crippen LogP contribution in [-0.4, -0.2) is 31.2 Å². The Morgan fingerprint density at radius 3 is 2.26 bits per heavy atom. The SMILES string of the molecule is COc1ccc(CCn2c3nc4ccccc4nc3c3c(=O)n(CCC(C)C)c(C)nc32)cc1. The van der Waals surface area contributed by atoms with Crippen LogP contribution < -0.4 is 10.3 Å². The lowest BCUT2D eigenvalue weighted by Gasteiger charge is -2.12. The first kappa shape index (κ1) is 22.1. The summed E-state index contributed by atoms with van der Waals surface area (Å²) in [6.07, 6.45) is 1.69. The number of aryl methyl sites for hydroxylation is 3. The molecular weight excluding hydrogens is 426 g/mol. The van der Waals surface area contributed by atoms with E-state index in [1.807, 2.05) is 43.3 Å². The average Bonchev–Trinajstić information content (AvgIpc) is 3.13. The van der Waals surface area contributed by atoms with Crippen molar-refractivity contribution in [1.29, 1.82) is 0 Å². The molecule has 0 aliphatic carbocycles. The van der Waals surface area contributed by atoms with Crippen LogP contribution in [0.15, 0.2) is 53.3 Å². The second-order valence-corrected chi connectivity index (χ2v) is 9.13. The van der Waals surface area contributed by atoms with Crippen LogP contribution in [0.4, 0.5) is 0 Å². The van der Waals surface area contributed by atoms with Crippen molar-refractivity contribution in [2.45, 2.75) is 46.7 Å². The van der Waals surface area contributed by atoms with Crippen LogP contribution in [0, 0.1) is 12.8 Å². The maximum atomic E-state index is 13.7. The molecule has 0 bridgehead atoms. The van der Waals surface area contributed by atoms with Gasteiger partial charge in [0.15, 0.2) is 11.3 Å². The van der Waals surface area contributed by atoms with Crippen LogP contribution in [0.3, 0.4) is 0 Å². The van der Waals surface area contributed by atoms with Crippen LogP contribution in [0.2, 0.25) is 0 Å². The third-order valence-corrected chi connectivity index (χ3v) is 6.35. The van der Waals surface area contributed by atoms with Gasteiger partial charge in [0.2, 0.25) is 0 Å². The normalized spacial score (nSPS) is 11.8. The van der Waals surface area contributed by atoms with Crippen molar-refractivity contribution in [2.75, 3.05) is 7.11 Å². The van der Waals surface area contributed by atoms with E-state index >= 15 is 0 Å². The minimum Gasteiger partial charge on any atom is -0.497 e. The van der Waals surface area contributed by atoms with E-state index in [4.69, 9.17) is 19.7 Å². The standard InChI is InChI=1S/C27H29N5O2/c1-17(2)13-15-31-18(3)28-25-23(27(31)33)24-26(30-22-8-6-5-7-21(22)29-24)32(25)16-14-19-9-11-20(34-4)12-10-19/h5-12,17H,13-16H2,1-4H3. The lowest BCUT2D eigenvalue weighted by atomic mass is 10.1. The van der Waals surface area contributed by atoms with E-state index in [1.54, 1.807) is 11.7 Å². The third-order valence-electron chi connectivity index (χ3n) is 6.35. The van der Waals surface area contributed by atoms with Crippen molar-refractivity contribution in [1.82, 2.24) is 24.1 Å². The Balaban J connectivity index is 1.69. The molecule has 2 aromatic carbocycles. The van der Waals surface area contributed by atoms with Gasteiger partial charge in [0.25, 0.3) is 5.56 Å². The Labute approximate surface area is 198 Å². The van der Waals surface area contributed by atoms with Crippen molar-refractivity contribution in [3.8, 4) is 5.75 Å². The number of para-hydroxylation sites is 2. The zero-order chi connectivity index (χ0) is 23.8. The van der Waals surface area contributed by atoms with E-state index in [-0.39, 0.29) is 5.56 Å². The molecule has 7 nitrogen and oxygen atoms in total. The number of hydrogen-bond donors (Lipinski definition) is 0. The van der Waals surface area contributed by atoms with Crippen molar-refractivity contribution >= 4 is 33.2 Å². The number of ether oxygens (including phenoxy) is 1. The van der Waals surface area contributed by atoms with E-state index in [9.17, 15) is 4.79 Å². The number of methoxy groups -OCH3 is 1. The number of fused-ring (bicyclic) bond motifs is 4. The predicted octanol–water partition coefficient (Wildman–Crippen LogP) is 4.90. The topological polar surface area (TPSA) is 74.8 Å². The van der Waals surface area contributed by atoms with Crippen LogP contribution in [-0.2, 0) is 19.5 Å². The number of benzene rings is 2. The highest BCUT2D eigenvalue weighted by atomic mass is 16.5. The largest absolute Gasteiger partial charge is 0.497 e. The zero-order valence-corrected chi connectivity index (χ0v) is 20.1. The van der Waals surface area contributed by atoms with Crippen molar-refractivity contribution in [2.24, 2.45) is 5.92 Å². The van der Waals surface area contributed by atoms with Gasteiger partial charge in [-0.2, -0.15) is 0 Å². The van der Waals surface area contributed by atoms with Gasteiger partial charge in [-0.05, 0) is 55.5 Å². The quantitative estimate of drug-likeness (QED) is 0.349. The maximum absolute atomic E-state index is 13.7. The number of rotatable bonds is 7. The van der Waals surface area contributed by atoms with Crippen molar-refractivity contribution in [3.05, 3.63) is 70.3 Å². The first-order chi connectivity index (χ1) is 16.5. The lowest BCUT2D eigenvalue weighted by molar-refractivity contribution is 0.414. The Kier molecular flexibility index (Phi) is 5.77. The number of hydrogen-bond acceptors (Lipinski definition) is 5. The molecule has 0 unspecified atom stereocenters. The third kappa shape index (κ3) is 3.91. The molecule has 174 valence electrons. The summed E-state index contributed by atoms with van der Waals surface area (Å²) in [5.74, 6) is 2.05. The molecule has 0 amide bonds. The summed E-state index contributed by atoms with van der Waals surface area (Å²) in [7, 11) is 1.66. The molecule has 0 aliphatic heterocycles. The summed E-state index contributed by atoms with van der Waals surface area (Å²) in [4.78, 5) is 28.4. The van der Waals surface area contributed by atoms with Crippen molar-refractivity contribution < 1.29 is 4.74 Å². The summed E-state index contributed by atoms with van der Waals surface area (Å²) < 4.78 is 9.11. The zero-order valence-electron chi connectivity index (χ0n) is 20.1. The highest BCUT2D eigenvalue weighted by Crippen LogP contribution is 2.26. The number of aromatic nitrogens is 5. The minimum absolute atomic E-state index is 0.0408. The Bertz CT molecular complexity index is 1550. The van der Waals surface area contributed by atoms with Gasteiger partial charge in [-0.15, -0.1) is 0 Å². The van der Waals surface area contributed by atoms with Crippen LogP contribution in [0.1, 0.15) is 31.7 Å².